The number of fused-ring (bicyclic) bond motifs is 1. The number of phenols is 1. The summed E-state index contributed by atoms with van der Waals surface area (Å²) in [5.74, 6) is 1.24. The van der Waals surface area contributed by atoms with Crippen molar-refractivity contribution < 1.29 is 19.7 Å². The van der Waals surface area contributed by atoms with Crippen LogP contribution >= 0.6 is 15.9 Å². The number of ether oxygens (including phenoxy) is 2. The van der Waals surface area contributed by atoms with Gasteiger partial charge in [0.1, 0.15) is 5.75 Å². The van der Waals surface area contributed by atoms with Gasteiger partial charge in [-0.1, -0.05) is 13.8 Å². The van der Waals surface area contributed by atoms with Gasteiger partial charge in [-0.05, 0) is 15.9 Å². The maximum absolute atomic E-state index is 10.2. The number of aliphatic hydroxyl groups is 1. The van der Waals surface area contributed by atoms with Crippen LogP contribution in [0.25, 0.3) is 0 Å². The van der Waals surface area contributed by atoms with E-state index in [-0.39, 0.29) is 12.4 Å². The highest BCUT2D eigenvalue weighted by Gasteiger charge is 2.32. The monoisotopic (exact) mass is 316 g/mol. The Balaban J connectivity index is 2.65. The molecule has 0 aromatic heterocycles. The fourth-order valence-corrected chi connectivity index (χ4v) is 2.38. The van der Waals surface area contributed by atoms with Crippen LogP contribution in [0.5, 0.6) is 17.2 Å². The lowest BCUT2D eigenvalue weighted by molar-refractivity contribution is 0.208. The lowest BCUT2D eigenvalue weighted by Crippen LogP contribution is -2.23. The SMILES string of the molecule is CC(C)(CO)c1c(O)c(Br)cc2c1OCCCO2. The van der Waals surface area contributed by atoms with Gasteiger partial charge in [-0.3, -0.25) is 0 Å². The minimum atomic E-state index is -0.606. The van der Waals surface area contributed by atoms with Crippen LogP contribution in [0.3, 0.4) is 0 Å². The molecule has 0 aliphatic carbocycles. The summed E-state index contributed by atoms with van der Waals surface area (Å²) in [5, 5.41) is 19.7. The van der Waals surface area contributed by atoms with Crippen LogP contribution < -0.4 is 9.47 Å². The average molecular weight is 317 g/mol. The fourth-order valence-electron chi connectivity index (χ4n) is 1.97. The second-order valence-corrected chi connectivity index (χ2v) is 5.86. The van der Waals surface area contributed by atoms with Gasteiger partial charge >= 0.3 is 0 Å². The number of halogens is 1. The van der Waals surface area contributed by atoms with Crippen molar-refractivity contribution in [2.24, 2.45) is 0 Å². The van der Waals surface area contributed by atoms with Crippen molar-refractivity contribution in [2.75, 3.05) is 19.8 Å². The number of aliphatic hydroxyl groups excluding tert-OH is 1. The van der Waals surface area contributed by atoms with Crippen molar-refractivity contribution >= 4 is 15.9 Å². The fraction of sp³-hybridized carbons (Fsp3) is 0.538. The van der Waals surface area contributed by atoms with Gasteiger partial charge in [0.05, 0.1) is 24.3 Å². The standard InChI is InChI=1S/C13H17BrO4/c1-13(2,7-15)10-11(16)8(14)6-9-12(10)18-5-3-4-17-9/h6,15-16H,3-5,7H2,1-2H3. The summed E-state index contributed by atoms with van der Waals surface area (Å²) in [6.07, 6.45) is 0.798. The zero-order valence-electron chi connectivity index (χ0n) is 10.5. The summed E-state index contributed by atoms with van der Waals surface area (Å²) in [7, 11) is 0. The van der Waals surface area contributed by atoms with Gasteiger partial charge in [0.2, 0.25) is 0 Å². The molecule has 0 saturated heterocycles. The smallest absolute Gasteiger partial charge is 0.168 e. The molecule has 0 amide bonds. The third-order valence-electron chi connectivity index (χ3n) is 3.04. The van der Waals surface area contributed by atoms with Crippen molar-refractivity contribution in [3.8, 4) is 17.2 Å². The van der Waals surface area contributed by atoms with Crippen molar-refractivity contribution in [1.82, 2.24) is 0 Å². The van der Waals surface area contributed by atoms with Crippen LogP contribution in [0.1, 0.15) is 25.8 Å². The molecule has 2 N–H and O–H groups in total. The zero-order chi connectivity index (χ0) is 13.3. The first-order chi connectivity index (χ1) is 8.47. The lowest BCUT2D eigenvalue weighted by atomic mass is 9.84. The molecule has 1 aliphatic rings. The number of hydrogen-bond donors (Lipinski definition) is 2. The maximum Gasteiger partial charge on any atom is 0.168 e. The Labute approximate surface area is 115 Å². The van der Waals surface area contributed by atoms with E-state index in [4.69, 9.17) is 9.47 Å². The van der Waals surface area contributed by atoms with E-state index in [0.29, 0.717) is 34.7 Å². The molecule has 0 bridgehead atoms. The molecule has 1 aromatic carbocycles. The molecule has 18 heavy (non-hydrogen) atoms. The van der Waals surface area contributed by atoms with E-state index in [9.17, 15) is 10.2 Å². The van der Waals surface area contributed by atoms with E-state index in [1.807, 2.05) is 13.8 Å². The van der Waals surface area contributed by atoms with E-state index in [1.54, 1.807) is 6.07 Å². The van der Waals surface area contributed by atoms with Crippen LogP contribution in [0.2, 0.25) is 0 Å². The number of rotatable bonds is 2. The van der Waals surface area contributed by atoms with Gasteiger partial charge in [0.25, 0.3) is 0 Å². The summed E-state index contributed by atoms with van der Waals surface area (Å²) in [6.45, 7) is 4.74. The van der Waals surface area contributed by atoms with Gasteiger partial charge in [0, 0.05) is 23.5 Å². The molecule has 0 unspecified atom stereocenters. The van der Waals surface area contributed by atoms with Crippen molar-refractivity contribution in [2.45, 2.75) is 25.7 Å². The number of phenolic OH excluding ortho intramolecular Hbond substituents is 1. The molecule has 1 heterocycles. The van der Waals surface area contributed by atoms with Gasteiger partial charge in [0.15, 0.2) is 11.5 Å². The third-order valence-corrected chi connectivity index (χ3v) is 3.64. The van der Waals surface area contributed by atoms with Crippen LogP contribution in [0.15, 0.2) is 10.5 Å². The highest BCUT2D eigenvalue weighted by atomic mass is 79.9. The lowest BCUT2D eigenvalue weighted by Gasteiger charge is -2.27. The predicted molar refractivity (Wildman–Crippen MR) is 71.5 cm³/mol. The number of aromatic hydroxyl groups is 1. The largest absolute Gasteiger partial charge is 0.506 e. The zero-order valence-corrected chi connectivity index (χ0v) is 12.1. The van der Waals surface area contributed by atoms with Crippen molar-refractivity contribution in [3.63, 3.8) is 0 Å². The first kappa shape index (κ1) is 13.5. The second kappa shape index (κ2) is 4.97. The highest BCUT2D eigenvalue weighted by Crippen LogP contribution is 2.48. The molecule has 100 valence electrons. The average Bonchev–Trinajstić information content (AvgIpc) is 2.55. The Kier molecular flexibility index (Phi) is 3.73. The summed E-state index contributed by atoms with van der Waals surface area (Å²) in [5.41, 5.74) is -0.0256. The van der Waals surface area contributed by atoms with E-state index >= 15 is 0 Å². The van der Waals surface area contributed by atoms with Crippen LogP contribution in [0.4, 0.5) is 0 Å². The van der Waals surface area contributed by atoms with Crippen molar-refractivity contribution in [1.29, 1.82) is 0 Å². The van der Waals surface area contributed by atoms with Crippen LogP contribution in [0, 0.1) is 0 Å². The predicted octanol–water partition coefficient (Wildman–Crippen LogP) is 2.59. The molecule has 0 fully saturated rings. The molecule has 0 atom stereocenters. The minimum absolute atomic E-state index is 0.0905. The van der Waals surface area contributed by atoms with E-state index in [2.05, 4.69) is 15.9 Å². The molecule has 1 aromatic rings. The molecule has 5 heteroatoms. The van der Waals surface area contributed by atoms with E-state index in [0.717, 1.165) is 6.42 Å². The summed E-state index contributed by atoms with van der Waals surface area (Å²) < 4.78 is 11.8. The van der Waals surface area contributed by atoms with Gasteiger partial charge in [-0.25, -0.2) is 0 Å². The quantitative estimate of drug-likeness (QED) is 0.880. The molecular formula is C13H17BrO4. The van der Waals surface area contributed by atoms with Gasteiger partial charge < -0.3 is 19.7 Å². The number of benzene rings is 1. The third kappa shape index (κ3) is 2.29. The van der Waals surface area contributed by atoms with Gasteiger partial charge in [-0.2, -0.15) is 0 Å². The summed E-state index contributed by atoms with van der Waals surface area (Å²) in [4.78, 5) is 0. The number of hydrogen-bond acceptors (Lipinski definition) is 4. The summed E-state index contributed by atoms with van der Waals surface area (Å²) in [6, 6.07) is 1.70. The summed E-state index contributed by atoms with van der Waals surface area (Å²) >= 11 is 3.31. The Morgan fingerprint density at radius 2 is 2.00 bits per heavy atom. The Morgan fingerprint density at radius 1 is 1.33 bits per heavy atom. The Hall–Kier alpha value is -0.940. The first-order valence-corrected chi connectivity index (χ1v) is 6.69. The second-order valence-electron chi connectivity index (χ2n) is 5.00. The topological polar surface area (TPSA) is 58.9 Å². The Bertz CT molecular complexity index is 457. The van der Waals surface area contributed by atoms with Crippen LogP contribution in [-0.2, 0) is 5.41 Å². The van der Waals surface area contributed by atoms with E-state index in [1.165, 1.54) is 0 Å². The van der Waals surface area contributed by atoms with Crippen LogP contribution in [-0.4, -0.2) is 30.0 Å². The molecule has 4 nitrogen and oxygen atoms in total. The van der Waals surface area contributed by atoms with Crippen molar-refractivity contribution in [3.05, 3.63) is 16.1 Å². The molecular weight excluding hydrogens is 300 g/mol. The molecule has 0 radical (unpaired) electrons. The van der Waals surface area contributed by atoms with E-state index < -0.39 is 5.41 Å². The molecule has 0 spiro atoms. The first-order valence-electron chi connectivity index (χ1n) is 5.90. The normalized spacial score (nSPS) is 15.3. The van der Waals surface area contributed by atoms with Gasteiger partial charge in [-0.15, -0.1) is 0 Å². The maximum atomic E-state index is 10.2. The highest BCUT2D eigenvalue weighted by molar-refractivity contribution is 9.10. The molecule has 2 rings (SSSR count). The molecule has 1 aliphatic heterocycles. The minimum Gasteiger partial charge on any atom is -0.506 e. The Morgan fingerprint density at radius 3 is 2.67 bits per heavy atom. The molecule has 0 saturated carbocycles.